The monoisotopic (exact) mass is 290 g/mol. The number of nitrogens with two attached hydrogens (primary N) is 1. The van der Waals surface area contributed by atoms with Gasteiger partial charge >= 0.3 is 5.97 Å². The second-order valence-electron chi connectivity index (χ2n) is 3.76. The number of benzene rings is 1. The third-order valence-corrected chi connectivity index (χ3v) is 2.40. The molecule has 0 aliphatic carbocycles. The van der Waals surface area contributed by atoms with E-state index in [0.717, 1.165) is 0 Å². The zero-order chi connectivity index (χ0) is 15.8. The lowest BCUT2D eigenvalue weighted by Gasteiger charge is -2.02. The molecule has 2 rings (SSSR count). The summed E-state index contributed by atoms with van der Waals surface area (Å²) in [5.41, 5.74) is 5.27. The maximum absolute atomic E-state index is 10.7. The number of hydrogen-bond acceptors (Lipinski definition) is 5. The molecule has 0 spiro atoms. The van der Waals surface area contributed by atoms with E-state index in [9.17, 15) is 9.59 Å². The van der Waals surface area contributed by atoms with E-state index in [1.165, 1.54) is 31.6 Å². The smallest absolute Gasteiger partial charge is 0.339 e. The van der Waals surface area contributed by atoms with Gasteiger partial charge in [0, 0.05) is 12.4 Å². The number of carbonyl (C=O) groups is 2. The molecule has 4 N–H and O–H groups in total. The molecule has 0 saturated heterocycles. The Hall–Kier alpha value is -3.09. The van der Waals surface area contributed by atoms with Gasteiger partial charge in [-0.25, -0.2) is 4.79 Å². The number of hydrogen-bond donors (Lipinski definition) is 3. The number of methoxy groups -OCH3 is 1. The number of aromatic carboxylic acids is 1. The molecule has 7 heteroatoms. The molecule has 2 aromatic rings. The number of pyridine rings is 1. The van der Waals surface area contributed by atoms with Gasteiger partial charge in [0.2, 0.25) is 0 Å². The first-order valence-corrected chi connectivity index (χ1v) is 5.76. The largest absolute Gasteiger partial charge is 0.507 e. The van der Waals surface area contributed by atoms with Crippen LogP contribution in [0.15, 0.2) is 42.7 Å². The van der Waals surface area contributed by atoms with Crippen molar-refractivity contribution in [3.63, 3.8) is 0 Å². The molecule has 0 aliphatic rings. The number of ether oxygens (including phenoxy) is 1. The predicted octanol–water partition coefficient (Wildman–Crippen LogP) is 1.28. The van der Waals surface area contributed by atoms with Crippen molar-refractivity contribution >= 4 is 11.9 Å². The van der Waals surface area contributed by atoms with Crippen LogP contribution in [-0.2, 0) is 0 Å². The van der Waals surface area contributed by atoms with Crippen LogP contribution in [0.25, 0.3) is 0 Å². The number of primary amides is 1. The van der Waals surface area contributed by atoms with Crippen LogP contribution in [0.2, 0.25) is 0 Å². The summed E-state index contributed by atoms with van der Waals surface area (Å²) in [4.78, 5) is 24.7. The number of carboxylic acid groups (broad SMARTS) is 1. The van der Waals surface area contributed by atoms with E-state index in [0.29, 0.717) is 11.3 Å². The summed E-state index contributed by atoms with van der Waals surface area (Å²) >= 11 is 0. The first kappa shape index (κ1) is 16.0. The van der Waals surface area contributed by atoms with Gasteiger partial charge in [-0.3, -0.25) is 9.78 Å². The van der Waals surface area contributed by atoms with E-state index < -0.39 is 11.9 Å². The highest BCUT2D eigenvalue weighted by Crippen LogP contribution is 2.14. The number of amides is 1. The summed E-state index contributed by atoms with van der Waals surface area (Å²) in [5, 5.41) is 17.3. The first-order chi connectivity index (χ1) is 9.97. The Morgan fingerprint density at radius 2 is 1.86 bits per heavy atom. The maximum atomic E-state index is 10.7. The van der Waals surface area contributed by atoms with Crippen LogP contribution in [0.3, 0.4) is 0 Å². The number of rotatable bonds is 3. The molecule has 0 fully saturated rings. The Labute approximate surface area is 120 Å². The lowest BCUT2D eigenvalue weighted by molar-refractivity contribution is 0.0693. The molecular weight excluding hydrogens is 276 g/mol. The van der Waals surface area contributed by atoms with Crippen molar-refractivity contribution in [3.8, 4) is 11.5 Å². The van der Waals surface area contributed by atoms with E-state index in [1.807, 2.05) is 0 Å². The average Bonchev–Trinajstić information content (AvgIpc) is 2.48. The number of phenols is 1. The topological polar surface area (TPSA) is 123 Å². The highest BCUT2D eigenvalue weighted by molar-refractivity contribution is 5.95. The third kappa shape index (κ3) is 4.50. The zero-order valence-electron chi connectivity index (χ0n) is 11.2. The van der Waals surface area contributed by atoms with Crippen molar-refractivity contribution in [1.82, 2.24) is 4.98 Å². The molecule has 0 bridgehead atoms. The molecule has 7 nitrogen and oxygen atoms in total. The number of aromatic nitrogens is 1. The molecule has 0 saturated carbocycles. The molecule has 0 atom stereocenters. The van der Waals surface area contributed by atoms with Crippen LogP contribution in [-0.4, -0.2) is 34.2 Å². The van der Waals surface area contributed by atoms with E-state index in [4.69, 9.17) is 20.7 Å². The molecule has 0 radical (unpaired) electrons. The number of aromatic hydroxyl groups is 1. The van der Waals surface area contributed by atoms with Gasteiger partial charge in [0.25, 0.3) is 5.91 Å². The van der Waals surface area contributed by atoms with Crippen LogP contribution in [0.4, 0.5) is 0 Å². The van der Waals surface area contributed by atoms with Gasteiger partial charge in [0.1, 0.15) is 17.1 Å². The van der Waals surface area contributed by atoms with Gasteiger partial charge in [0.05, 0.1) is 12.7 Å². The van der Waals surface area contributed by atoms with E-state index in [2.05, 4.69) is 4.98 Å². The van der Waals surface area contributed by atoms with Gasteiger partial charge in [-0.2, -0.15) is 0 Å². The molecule has 110 valence electrons. The number of nitrogens with zero attached hydrogens (tertiary/aromatic N) is 1. The highest BCUT2D eigenvalue weighted by Gasteiger charge is 2.06. The summed E-state index contributed by atoms with van der Waals surface area (Å²) in [6, 6.07) is 7.40. The quantitative estimate of drug-likeness (QED) is 0.782. The molecule has 1 aromatic heterocycles. The van der Waals surface area contributed by atoms with E-state index >= 15 is 0 Å². The van der Waals surface area contributed by atoms with Crippen molar-refractivity contribution in [2.24, 2.45) is 5.73 Å². The predicted molar refractivity (Wildman–Crippen MR) is 74.4 cm³/mol. The Balaban J connectivity index is 0.000000211. The normalized spacial score (nSPS) is 9.19. The maximum Gasteiger partial charge on any atom is 0.339 e. The van der Waals surface area contributed by atoms with E-state index in [-0.39, 0.29) is 11.3 Å². The fourth-order valence-electron chi connectivity index (χ4n) is 1.40. The van der Waals surface area contributed by atoms with Crippen molar-refractivity contribution in [2.45, 2.75) is 0 Å². The van der Waals surface area contributed by atoms with Gasteiger partial charge in [-0.15, -0.1) is 0 Å². The summed E-state index contributed by atoms with van der Waals surface area (Å²) in [5.74, 6) is -1.39. The third-order valence-electron chi connectivity index (χ3n) is 2.40. The zero-order valence-corrected chi connectivity index (χ0v) is 11.2. The molecule has 1 heterocycles. The first-order valence-electron chi connectivity index (χ1n) is 5.76. The van der Waals surface area contributed by atoms with Crippen molar-refractivity contribution < 1.29 is 24.5 Å². The summed E-state index contributed by atoms with van der Waals surface area (Å²) in [6.07, 6.45) is 2.91. The minimum atomic E-state index is -1.11. The summed E-state index contributed by atoms with van der Waals surface area (Å²) < 4.78 is 4.87. The molecule has 21 heavy (non-hydrogen) atoms. The lowest BCUT2D eigenvalue weighted by atomic mass is 10.2. The van der Waals surface area contributed by atoms with E-state index in [1.54, 1.807) is 18.2 Å². The summed E-state index contributed by atoms with van der Waals surface area (Å²) in [7, 11) is 1.47. The lowest BCUT2D eigenvalue weighted by Crippen LogP contribution is -2.12. The van der Waals surface area contributed by atoms with Crippen LogP contribution in [0.1, 0.15) is 20.7 Å². The number of carbonyl (C=O) groups excluding carboxylic acids is 1. The fourth-order valence-corrected chi connectivity index (χ4v) is 1.40. The second-order valence-corrected chi connectivity index (χ2v) is 3.76. The SMILES string of the molecule is COc1ccncc1C(N)=O.O=C(O)c1ccccc1O. The summed E-state index contributed by atoms with van der Waals surface area (Å²) in [6.45, 7) is 0. The van der Waals surface area contributed by atoms with Crippen molar-refractivity contribution in [1.29, 1.82) is 0 Å². The van der Waals surface area contributed by atoms with Gasteiger partial charge in [-0.1, -0.05) is 12.1 Å². The Morgan fingerprint density at radius 1 is 1.19 bits per heavy atom. The molecular formula is C14H14N2O5. The Kier molecular flexibility index (Phi) is 5.69. The Bertz CT molecular complexity index is 643. The molecule has 0 aliphatic heterocycles. The Morgan fingerprint density at radius 3 is 2.29 bits per heavy atom. The van der Waals surface area contributed by atoms with Crippen LogP contribution < -0.4 is 10.5 Å². The number of carboxylic acids is 1. The van der Waals surface area contributed by atoms with Crippen LogP contribution in [0, 0.1) is 0 Å². The van der Waals surface area contributed by atoms with Crippen molar-refractivity contribution in [2.75, 3.05) is 7.11 Å². The minimum absolute atomic E-state index is 0.0671. The molecule has 1 aromatic carbocycles. The van der Waals surface area contributed by atoms with Crippen molar-refractivity contribution in [3.05, 3.63) is 53.9 Å². The van der Waals surface area contributed by atoms with Gasteiger partial charge < -0.3 is 20.7 Å². The van der Waals surface area contributed by atoms with Gasteiger partial charge in [-0.05, 0) is 18.2 Å². The van der Waals surface area contributed by atoms with Crippen LogP contribution >= 0.6 is 0 Å². The average molecular weight is 290 g/mol. The minimum Gasteiger partial charge on any atom is -0.507 e. The van der Waals surface area contributed by atoms with Crippen LogP contribution in [0.5, 0.6) is 11.5 Å². The standard InChI is InChI=1S/C7H8N2O2.C7H6O3/c1-11-6-2-3-9-4-5(6)7(8)10;8-6-4-2-1-3-5(6)7(9)10/h2-4H,1H3,(H2,8,10);1-4,8H,(H,9,10). The molecule has 1 amide bonds. The van der Waals surface area contributed by atoms with Gasteiger partial charge in [0.15, 0.2) is 0 Å². The molecule has 0 unspecified atom stereocenters. The second kappa shape index (κ2) is 7.49. The highest BCUT2D eigenvalue weighted by atomic mass is 16.5. The number of para-hydroxylation sites is 1. The fraction of sp³-hybridized carbons (Fsp3) is 0.0714.